The number of ether oxygens (including phenoxy) is 1. The summed E-state index contributed by atoms with van der Waals surface area (Å²) in [6.45, 7) is 1.75. The molecule has 0 bridgehead atoms. The van der Waals surface area contributed by atoms with Crippen molar-refractivity contribution < 1.29 is 22.5 Å². The average molecular weight is 475 g/mol. The summed E-state index contributed by atoms with van der Waals surface area (Å²) in [6.07, 6.45) is 2.29. The molecule has 0 radical (unpaired) electrons. The first-order chi connectivity index (χ1) is 15.2. The monoisotopic (exact) mass is 474 g/mol. The molecule has 2 N–H and O–H groups in total. The summed E-state index contributed by atoms with van der Waals surface area (Å²) < 4.78 is 33.9. The maximum atomic E-state index is 11.9. The Hall–Kier alpha value is -3.50. The van der Waals surface area contributed by atoms with Gasteiger partial charge in [-0.15, -0.1) is 0 Å². The van der Waals surface area contributed by atoms with E-state index in [2.05, 4.69) is 15.5 Å². The standard InChI is InChI=1S/C21H19ClN4O5S/c1-3-30-21(27)16(23)12-18(24-17-10-5-4-9-15(17)22)20-25-19(26-31-20)13-7-6-8-14(11-13)32(2,28)29/h4-12,23-24H,3H2,1-2H3/b18-12-,23-16?. The number of hydrogen-bond donors (Lipinski definition) is 2. The average Bonchev–Trinajstić information content (AvgIpc) is 3.24. The Kier molecular flexibility index (Phi) is 7.06. The number of nitrogens with one attached hydrogen (secondary N) is 2. The summed E-state index contributed by atoms with van der Waals surface area (Å²) in [6, 6.07) is 12.9. The van der Waals surface area contributed by atoms with Crippen molar-refractivity contribution >= 4 is 44.5 Å². The van der Waals surface area contributed by atoms with Gasteiger partial charge in [0.2, 0.25) is 5.82 Å². The predicted octanol–water partition coefficient (Wildman–Crippen LogP) is 3.83. The van der Waals surface area contributed by atoms with Crippen molar-refractivity contribution in [3.05, 3.63) is 65.5 Å². The van der Waals surface area contributed by atoms with Gasteiger partial charge in [0.15, 0.2) is 9.84 Å². The normalized spacial score (nSPS) is 11.8. The van der Waals surface area contributed by atoms with Gasteiger partial charge in [-0.05, 0) is 37.3 Å². The molecule has 3 aromatic rings. The summed E-state index contributed by atoms with van der Waals surface area (Å²) >= 11 is 6.21. The summed E-state index contributed by atoms with van der Waals surface area (Å²) in [4.78, 5) is 16.3. The highest BCUT2D eigenvalue weighted by Crippen LogP contribution is 2.27. The lowest BCUT2D eigenvalue weighted by Crippen LogP contribution is -2.15. The molecule has 0 aliphatic rings. The van der Waals surface area contributed by atoms with Gasteiger partial charge in [0.1, 0.15) is 11.4 Å². The third-order valence-electron chi connectivity index (χ3n) is 4.10. The topological polar surface area (TPSA) is 135 Å². The lowest BCUT2D eigenvalue weighted by Gasteiger charge is -2.09. The minimum absolute atomic E-state index is 0.0428. The molecule has 32 heavy (non-hydrogen) atoms. The Bertz CT molecular complexity index is 1300. The number of carbonyl (C=O) groups excluding carboxylic acids is 1. The van der Waals surface area contributed by atoms with Crippen LogP contribution in [-0.2, 0) is 19.4 Å². The number of carbonyl (C=O) groups is 1. The Morgan fingerprint density at radius 1 is 1.25 bits per heavy atom. The van der Waals surface area contributed by atoms with Crippen LogP contribution in [0.25, 0.3) is 17.1 Å². The number of sulfone groups is 1. The number of hydrogen-bond acceptors (Lipinski definition) is 9. The first-order valence-corrected chi connectivity index (χ1v) is 11.6. The first-order valence-electron chi connectivity index (χ1n) is 9.32. The second-order valence-electron chi connectivity index (χ2n) is 6.52. The van der Waals surface area contributed by atoms with E-state index in [1.54, 1.807) is 43.3 Å². The minimum atomic E-state index is -3.42. The van der Waals surface area contributed by atoms with Gasteiger partial charge in [-0.25, -0.2) is 13.2 Å². The van der Waals surface area contributed by atoms with E-state index in [9.17, 15) is 13.2 Å². The molecule has 0 atom stereocenters. The van der Waals surface area contributed by atoms with E-state index in [1.807, 2.05) is 0 Å². The predicted molar refractivity (Wildman–Crippen MR) is 120 cm³/mol. The number of esters is 1. The van der Waals surface area contributed by atoms with Gasteiger partial charge >= 0.3 is 5.97 Å². The molecule has 0 amide bonds. The van der Waals surface area contributed by atoms with Gasteiger partial charge in [0.05, 0.1) is 22.2 Å². The number of para-hydroxylation sites is 1. The van der Waals surface area contributed by atoms with Gasteiger partial charge in [-0.1, -0.05) is 41.0 Å². The highest BCUT2D eigenvalue weighted by molar-refractivity contribution is 7.90. The Morgan fingerprint density at radius 3 is 2.69 bits per heavy atom. The summed E-state index contributed by atoms with van der Waals surface area (Å²) in [5.41, 5.74) is 0.589. The first kappa shape index (κ1) is 23.2. The van der Waals surface area contributed by atoms with Crippen LogP contribution in [0.3, 0.4) is 0 Å². The van der Waals surface area contributed by atoms with Crippen molar-refractivity contribution in [2.24, 2.45) is 0 Å². The Morgan fingerprint density at radius 2 is 2.00 bits per heavy atom. The van der Waals surface area contributed by atoms with E-state index in [-0.39, 0.29) is 28.9 Å². The third-order valence-corrected chi connectivity index (χ3v) is 5.54. The maximum Gasteiger partial charge on any atom is 0.356 e. The van der Waals surface area contributed by atoms with Crippen LogP contribution in [0, 0.1) is 5.41 Å². The Balaban J connectivity index is 2.01. The van der Waals surface area contributed by atoms with E-state index in [0.29, 0.717) is 16.3 Å². The molecule has 9 nitrogen and oxygen atoms in total. The smallest absolute Gasteiger partial charge is 0.356 e. The second kappa shape index (κ2) is 9.75. The Labute approximate surface area is 189 Å². The minimum Gasteiger partial charge on any atom is -0.461 e. The maximum absolute atomic E-state index is 11.9. The number of benzene rings is 2. The summed E-state index contributed by atoms with van der Waals surface area (Å²) in [7, 11) is -3.42. The molecule has 0 saturated carbocycles. The number of anilines is 1. The third kappa shape index (κ3) is 5.59. The zero-order valence-electron chi connectivity index (χ0n) is 17.1. The molecular weight excluding hydrogens is 456 g/mol. The van der Waals surface area contributed by atoms with Crippen molar-refractivity contribution in [3.63, 3.8) is 0 Å². The lowest BCUT2D eigenvalue weighted by atomic mass is 10.2. The van der Waals surface area contributed by atoms with E-state index in [0.717, 1.165) is 6.26 Å². The molecule has 166 valence electrons. The van der Waals surface area contributed by atoms with Crippen LogP contribution in [0.4, 0.5) is 5.69 Å². The van der Waals surface area contributed by atoms with Crippen molar-refractivity contribution in [3.8, 4) is 11.4 Å². The number of rotatable bonds is 8. The van der Waals surface area contributed by atoms with Crippen LogP contribution in [0.2, 0.25) is 5.02 Å². The quantitative estimate of drug-likeness (QED) is 0.371. The number of nitrogens with zero attached hydrogens (tertiary/aromatic N) is 2. The van der Waals surface area contributed by atoms with Crippen molar-refractivity contribution in [2.45, 2.75) is 11.8 Å². The van der Waals surface area contributed by atoms with Gasteiger partial charge in [0.25, 0.3) is 5.89 Å². The molecule has 1 heterocycles. The number of halogens is 1. The van der Waals surface area contributed by atoms with Crippen molar-refractivity contribution in [1.82, 2.24) is 10.1 Å². The van der Waals surface area contributed by atoms with Crippen molar-refractivity contribution in [2.75, 3.05) is 18.2 Å². The largest absolute Gasteiger partial charge is 0.461 e. The summed E-state index contributed by atoms with van der Waals surface area (Å²) in [5, 5.41) is 15.3. The fourth-order valence-corrected chi connectivity index (χ4v) is 3.44. The van der Waals surface area contributed by atoms with Gasteiger partial charge in [-0.2, -0.15) is 4.98 Å². The highest BCUT2D eigenvalue weighted by Gasteiger charge is 2.18. The molecule has 0 unspecified atom stereocenters. The van der Waals surface area contributed by atoms with Crippen LogP contribution >= 0.6 is 11.6 Å². The van der Waals surface area contributed by atoms with E-state index in [1.165, 1.54) is 18.2 Å². The van der Waals surface area contributed by atoms with Crippen LogP contribution in [0.15, 0.2) is 64.0 Å². The highest BCUT2D eigenvalue weighted by atomic mass is 35.5. The molecule has 0 aliphatic carbocycles. The van der Waals surface area contributed by atoms with Gasteiger partial charge in [-0.3, -0.25) is 5.41 Å². The molecule has 0 fully saturated rings. The molecule has 1 aromatic heterocycles. The fraction of sp³-hybridized carbons (Fsp3) is 0.143. The van der Waals surface area contributed by atoms with Crippen molar-refractivity contribution in [1.29, 1.82) is 5.41 Å². The molecule has 0 saturated heterocycles. The molecular formula is C21H19ClN4O5S. The zero-order valence-corrected chi connectivity index (χ0v) is 18.7. The summed E-state index contributed by atoms with van der Waals surface area (Å²) in [5.74, 6) is -0.745. The van der Waals surface area contributed by atoms with Crippen LogP contribution in [0.5, 0.6) is 0 Å². The van der Waals surface area contributed by atoms with Crippen LogP contribution in [-0.4, -0.2) is 43.1 Å². The molecule has 2 aromatic carbocycles. The lowest BCUT2D eigenvalue weighted by molar-refractivity contribution is -0.135. The van der Waals surface area contributed by atoms with E-state index < -0.39 is 21.5 Å². The van der Waals surface area contributed by atoms with Gasteiger partial charge in [0, 0.05) is 11.8 Å². The van der Waals surface area contributed by atoms with E-state index in [4.69, 9.17) is 26.3 Å². The van der Waals surface area contributed by atoms with Crippen LogP contribution in [0.1, 0.15) is 12.8 Å². The fourth-order valence-electron chi connectivity index (χ4n) is 2.59. The zero-order chi connectivity index (χ0) is 23.3. The second-order valence-corrected chi connectivity index (χ2v) is 8.94. The molecule has 0 aliphatic heterocycles. The van der Waals surface area contributed by atoms with Gasteiger partial charge < -0.3 is 14.6 Å². The SMILES string of the molecule is CCOC(=O)C(=N)/C=C(\Nc1ccccc1Cl)c1nc(-c2cccc(S(C)(=O)=O)c2)no1. The van der Waals surface area contributed by atoms with Crippen LogP contribution < -0.4 is 5.32 Å². The number of aromatic nitrogens is 2. The van der Waals surface area contributed by atoms with E-state index >= 15 is 0 Å². The molecule has 3 rings (SSSR count). The molecule has 11 heteroatoms. The molecule has 0 spiro atoms.